The van der Waals surface area contributed by atoms with Crippen LogP contribution in [-0.4, -0.2) is 75.5 Å². The molecular formula is C52H93NO7. The number of carbonyl (C=O) groups excluding carboxylic acids is 3. The third kappa shape index (κ3) is 40.7. The Hall–Kier alpha value is -2.71. The van der Waals surface area contributed by atoms with Crippen molar-refractivity contribution in [2.45, 2.75) is 225 Å². The highest BCUT2D eigenvalue weighted by Crippen LogP contribution is 2.15. The highest BCUT2D eigenvalue weighted by Gasteiger charge is 2.25. The van der Waals surface area contributed by atoms with E-state index in [2.05, 4.69) is 62.5 Å². The minimum absolute atomic E-state index is 0.0298. The number of carboxylic acid groups (broad SMARTS) is 1. The first-order chi connectivity index (χ1) is 29.1. The Morgan fingerprint density at radius 2 is 0.933 bits per heavy atom. The molecular weight excluding hydrogens is 751 g/mol. The largest absolute Gasteiger partial charge is 0.544 e. The van der Waals surface area contributed by atoms with Gasteiger partial charge in [0.05, 0.1) is 40.3 Å². The summed E-state index contributed by atoms with van der Waals surface area (Å²) in [5, 5.41) is 11.6. The van der Waals surface area contributed by atoms with Crippen molar-refractivity contribution in [1.29, 1.82) is 0 Å². The van der Waals surface area contributed by atoms with Crippen LogP contribution in [0.5, 0.6) is 0 Å². The van der Waals surface area contributed by atoms with Crippen LogP contribution in [0.2, 0.25) is 0 Å². The van der Waals surface area contributed by atoms with E-state index in [-0.39, 0.29) is 42.7 Å². The summed E-state index contributed by atoms with van der Waals surface area (Å²) in [5.74, 6) is -1.77. The number of nitrogens with zero attached hydrogens (tertiary/aromatic N) is 1. The molecule has 0 fully saturated rings. The summed E-state index contributed by atoms with van der Waals surface area (Å²) in [7, 11) is 5.40. The molecule has 60 heavy (non-hydrogen) atoms. The summed E-state index contributed by atoms with van der Waals surface area (Å²) in [6.07, 6.45) is 51.5. The number of hydrogen-bond acceptors (Lipinski definition) is 7. The molecule has 0 aliphatic rings. The lowest BCUT2D eigenvalue weighted by atomic mass is 10.0. The van der Waals surface area contributed by atoms with E-state index in [0.717, 1.165) is 70.6 Å². The highest BCUT2D eigenvalue weighted by atomic mass is 16.6. The molecule has 0 aromatic rings. The van der Waals surface area contributed by atoms with E-state index in [1.807, 2.05) is 0 Å². The predicted octanol–water partition coefficient (Wildman–Crippen LogP) is 12.6. The lowest BCUT2D eigenvalue weighted by Crippen LogP contribution is -2.55. The molecule has 2 atom stereocenters. The van der Waals surface area contributed by atoms with Crippen molar-refractivity contribution in [3.63, 3.8) is 0 Å². The summed E-state index contributed by atoms with van der Waals surface area (Å²) in [6.45, 7) is 4.53. The molecule has 2 unspecified atom stereocenters. The van der Waals surface area contributed by atoms with Gasteiger partial charge < -0.3 is 28.6 Å². The maximum absolute atomic E-state index is 12.7. The molecule has 348 valence electrons. The van der Waals surface area contributed by atoms with E-state index in [1.54, 1.807) is 21.1 Å². The van der Waals surface area contributed by atoms with E-state index < -0.39 is 18.1 Å². The summed E-state index contributed by atoms with van der Waals surface area (Å²) in [5.41, 5.74) is 0. The van der Waals surface area contributed by atoms with Crippen LogP contribution in [0.15, 0.2) is 48.6 Å². The fourth-order valence-electron chi connectivity index (χ4n) is 7.14. The molecule has 0 aliphatic carbocycles. The molecule has 0 heterocycles. The van der Waals surface area contributed by atoms with Crippen LogP contribution in [0.3, 0.4) is 0 Å². The van der Waals surface area contributed by atoms with Gasteiger partial charge in [-0.1, -0.05) is 172 Å². The number of rotatable bonds is 44. The Balaban J connectivity index is 4.24. The van der Waals surface area contributed by atoms with E-state index in [9.17, 15) is 19.5 Å². The van der Waals surface area contributed by atoms with Gasteiger partial charge in [-0.25, -0.2) is 0 Å². The highest BCUT2D eigenvalue weighted by molar-refractivity contribution is 5.70. The number of allylic oxidation sites excluding steroid dienone is 8. The van der Waals surface area contributed by atoms with Gasteiger partial charge in [0.25, 0.3) is 0 Å². The molecule has 0 saturated heterocycles. The van der Waals surface area contributed by atoms with Gasteiger partial charge in [0.2, 0.25) is 0 Å². The quantitative estimate of drug-likeness (QED) is 0.0260. The zero-order chi connectivity index (χ0) is 44.2. The SMILES string of the molecule is CC/C=C/C/C=C/C/C=C/CCCCCCC(=O)OC(COCCC(C(=O)[O-])[N+](C)(C)C)COC(=O)CCCCCCCCC/C=C/CCCCCCCCCCCCC. The van der Waals surface area contributed by atoms with E-state index >= 15 is 0 Å². The molecule has 0 radical (unpaired) electrons. The fourth-order valence-corrected chi connectivity index (χ4v) is 7.14. The number of ether oxygens (including phenoxy) is 3. The fraction of sp³-hybridized carbons (Fsp3) is 0.788. The lowest BCUT2D eigenvalue weighted by Gasteiger charge is -2.34. The van der Waals surface area contributed by atoms with E-state index in [0.29, 0.717) is 12.8 Å². The molecule has 0 saturated carbocycles. The Morgan fingerprint density at radius 1 is 0.517 bits per heavy atom. The van der Waals surface area contributed by atoms with Crippen molar-refractivity contribution in [1.82, 2.24) is 0 Å². The predicted molar refractivity (Wildman–Crippen MR) is 250 cm³/mol. The van der Waals surface area contributed by atoms with Crippen molar-refractivity contribution >= 4 is 17.9 Å². The van der Waals surface area contributed by atoms with Crippen LogP contribution in [0.1, 0.15) is 213 Å². The molecule has 0 spiro atoms. The van der Waals surface area contributed by atoms with Crippen LogP contribution in [-0.2, 0) is 28.6 Å². The first-order valence-electron chi connectivity index (χ1n) is 24.7. The Morgan fingerprint density at radius 3 is 1.40 bits per heavy atom. The molecule has 0 amide bonds. The molecule has 8 nitrogen and oxygen atoms in total. The van der Waals surface area contributed by atoms with Gasteiger partial charge >= 0.3 is 11.9 Å². The minimum atomic E-state index is -1.13. The third-order valence-electron chi connectivity index (χ3n) is 10.9. The normalized spacial score (nSPS) is 13.3. The van der Waals surface area contributed by atoms with Gasteiger partial charge in [-0.2, -0.15) is 0 Å². The van der Waals surface area contributed by atoms with Crippen molar-refractivity contribution in [3.8, 4) is 0 Å². The molecule has 0 N–H and O–H groups in total. The summed E-state index contributed by atoms with van der Waals surface area (Å²) in [4.78, 5) is 36.9. The number of unbranched alkanes of at least 4 members (excludes halogenated alkanes) is 22. The number of aliphatic carboxylic acids is 1. The number of hydrogen-bond donors (Lipinski definition) is 0. The van der Waals surface area contributed by atoms with Crippen molar-refractivity contribution in [2.75, 3.05) is 41.0 Å². The van der Waals surface area contributed by atoms with Crippen LogP contribution in [0.25, 0.3) is 0 Å². The maximum atomic E-state index is 12.7. The topological polar surface area (TPSA) is 102 Å². The first kappa shape index (κ1) is 57.3. The lowest BCUT2D eigenvalue weighted by molar-refractivity contribution is -0.889. The van der Waals surface area contributed by atoms with Gasteiger partial charge in [-0.05, 0) is 70.6 Å². The monoisotopic (exact) mass is 844 g/mol. The van der Waals surface area contributed by atoms with Gasteiger partial charge in [0.15, 0.2) is 6.10 Å². The standard InChI is InChI=1S/C52H93NO7/c1-6-8-10-12-14-16-18-20-22-23-24-25-26-27-28-29-31-32-34-36-38-40-42-50(54)59-47-48(46-58-45-44-49(52(56)57)53(3,4)5)60-51(55)43-41-39-37-35-33-30-21-19-17-15-13-11-9-7-2/h9,11,15,17,21,26-27,30,48-49H,6-8,10,12-14,16,18-20,22-25,28-29,31-47H2,1-5H3/b11-9+,17-15+,27-26+,30-21+. The van der Waals surface area contributed by atoms with Crippen LogP contribution in [0, 0.1) is 0 Å². The van der Waals surface area contributed by atoms with E-state index in [4.69, 9.17) is 14.2 Å². The zero-order valence-electron chi connectivity index (χ0n) is 39.6. The van der Waals surface area contributed by atoms with Crippen LogP contribution >= 0.6 is 0 Å². The van der Waals surface area contributed by atoms with Gasteiger partial charge in [0, 0.05) is 19.3 Å². The number of carbonyl (C=O) groups is 3. The number of quaternary nitrogens is 1. The summed E-state index contributed by atoms with van der Waals surface area (Å²) >= 11 is 0. The molecule has 0 aliphatic heterocycles. The van der Waals surface area contributed by atoms with Gasteiger partial charge in [-0.3, -0.25) is 9.59 Å². The Kier molecular flexibility index (Phi) is 41.0. The summed E-state index contributed by atoms with van der Waals surface area (Å²) < 4.78 is 17.2. The molecule has 0 aromatic heterocycles. The van der Waals surface area contributed by atoms with E-state index in [1.165, 1.54) is 109 Å². The Bertz CT molecular complexity index is 1120. The first-order valence-corrected chi connectivity index (χ1v) is 24.7. The molecule has 0 aromatic carbocycles. The second-order valence-electron chi connectivity index (χ2n) is 17.7. The van der Waals surface area contributed by atoms with Crippen LogP contribution < -0.4 is 5.11 Å². The molecule has 0 bridgehead atoms. The maximum Gasteiger partial charge on any atom is 0.306 e. The second kappa shape index (κ2) is 43.0. The smallest absolute Gasteiger partial charge is 0.306 e. The molecule has 8 heteroatoms. The zero-order valence-corrected chi connectivity index (χ0v) is 39.6. The average Bonchev–Trinajstić information content (AvgIpc) is 3.21. The van der Waals surface area contributed by atoms with Crippen molar-refractivity contribution < 1.29 is 38.2 Å². The number of carboxylic acids is 1. The second-order valence-corrected chi connectivity index (χ2v) is 17.7. The van der Waals surface area contributed by atoms with Crippen LogP contribution in [0.4, 0.5) is 0 Å². The minimum Gasteiger partial charge on any atom is -0.544 e. The number of esters is 2. The average molecular weight is 844 g/mol. The number of likely N-dealkylation sites (N-methyl/N-ethyl adjacent to an activating group) is 1. The molecule has 0 rings (SSSR count). The Labute approximate surface area is 369 Å². The van der Waals surface area contributed by atoms with Gasteiger partial charge in [-0.15, -0.1) is 0 Å². The third-order valence-corrected chi connectivity index (χ3v) is 10.9. The summed E-state index contributed by atoms with van der Waals surface area (Å²) in [6, 6.07) is -0.731. The van der Waals surface area contributed by atoms with Crippen molar-refractivity contribution in [3.05, 3.63) is 48.6 Å². The van der Waals surface area contributed by atoms with Crippen molar-refractivity contribution in [2.24, 2.45) is 0 Å². The van der Waals surface area contributed by atoms with Gasteiger partial charge in [0.1, 0.15) is 12.6 Å².